The van der Waals surface area contributed by atoms with Crippen molar-refractivity contribution in [3.8, 4) is 0 Å². The molecule has 0 saturated heterocycles. The molecule has 0 aliphatic carbocycles. The number of nitrogens with zero attached hydrogens (tertiary/aromatic N) is 3. The highest BCUT2D eigenvalue weighted by Crippen LogP contribution is 2.33. The van der Waals surface area contributed by atoms with Crippen LogP contribution in [0.5, 0.6) is 0 Å². The van der Waals surface area contributed by atoms with Gasteiger partial charge in [0, 0.05) is 22.7 Å². The fourth-order valence-electron chi connectivity index (χ4n) is 1.92. The van der Waals surface area contributed by atoms with Crippen LogP contribution < -0.4 is 0 Å². The number of rotatable bonds is 4. The van der Waals surface area contributed by atoms with Crippen LogP contribution in [-0.2, 0) is 18.4 Å². The molecule has 0 aromatic carbocycles. The fraction of sp³-hybridized carbons (Fsp3) is 0.571. The van der Waals surface area contributed by atoms with Gasteiger partial charge in [-0.15, -0.1) is 11.3 Å². The Bertz CT molecular complexity index is 539. The molecule has 0 radical (unpaired) electrons. The van der Waals surface area contributed by atoms with Crippen LogP contribution in [0.2, 0.25) is 0 Å². The molecule has 1 atom stereocenters. The van der Waals surface area contributed by atoms with E-state index in [-0.39, 0.29) is 5.41 Å². The minimum Gasteiger partial charge on any atom is -0.387 e. The molecule has 2 aromatic rings. The SMILES string of the molecule is CCn1ncnc1CC(O)c1ccc(C(C)(C)C)s1. The van der Waals surface area contributed by atoms with Crippen LogP contribution in [-0.4, -0.2) is 19.9 Å². The molecule has 0 fully saturated rings. The zero-order valence-electron chi connectivity index (χ0n) is 11.9. The van der Waals surface area contributed by atoms with Gasteiger partial charge in [-0.1, -0.05) is 20.8 Å². The van der Waals surface area contributed by atoms with Gasteiger partial charge in [0.25, 0.3) is 0 Å². The van der Waals surface area contributed by atoms with Gasteiger partial charge in [0.2, 0.25) is 0 Å². The second kappa shape index (κ2) is 5.43. The van der Waals surface area contributed by atoms with Crippen molar-refractivity contribution in [3.63, 3.8) is 0 Å². The third-order valence-electron chi connectivity index (χ3n) is 3.07. The summed E-state index contributed by atoms with van der Waals surface area (Å²) >= 11 is 1.68. The van der Waals surface area contributed by atoms with Crippen molar-refractivity contribution in [2.45, 2.75) is 52.2 Å². The largest absolute Gasteiger partial charge is 0.387 e. The van der Waals surface area contributed by atoms with Crippen molar-refractivity contribution in [1.29, 1.82) is 0 Å². The molecule has 0 aliphatic rings. The zero-order chi connectivity index (χ0) is 14.0. The molecule has 1 N–H and O–H groups in total. The lowest BCUT2D eigenvalue weighted by Crippen LogP contribution is -2.09. The van der Waals surface area contributed by atoms with Crippen LogP contribution in [0.3, 0.4) is 0 Å². The normalized spacial score (nSPS) is 13.7. The van der Waals surface area contributed by atoms with Crippen molar-refractivity contribution in [1.82, 2.24) is 14.8 Å². The Morgan fingerprint density at radius 1 is 1.37 bits per heavy atom. The lowest BCUT2D eigenvalue weighted by atomic mass is 9.95. The summed E-state index contributed by atoms with van der Waals surface area (Å²) in [5.74, 6) is 0.834. The van der Waals surface area contributed by atoms with Gasteiger partial charge in [0.05, 0.1) is 6.10 Å². The van der Waals surface area contributed by atoms with E-state index in [9.17, 15) is 5.11 Å². The standard InChI is InChI=1S/C14H21N3OS/c1-5-17-13(15-9-16-17)8-10(18)11-6-7-12(19-11)14(2,3)4/h6-7,9-10,18H,5,8H2,1-4H3. The average Bonchev–Trinajstić information content (AvgIpc) is 2.95. The van der Waals surface area contributed by atoms with Gasteiger partial charge >= 0.3 is 0 Å². The summed E-state index contributed by atoms with van der Waals surface area (Å²) in [4.78, 5) is 6.49. The maximum Gasteiger partial charge on any atom is 0.138 e. The molecule has 0 saturated carbocycles. The summed E-state index contributed by atoms with van der Waals surface area (Å²) < 4.78 is 1.82. The second-order valence-electron chi connectivity index (χ2n) is 5.66. The summed E-state index contributed by atoms with van der Waals surface area (Å²) in [6, 6.07) is 4.12. The highest BCUT2D eigenvalue weighted by molar-refractivity contribution is 7.12. The van der Waals surface area contributed by atoms with E-state index in [1.807, 2.05) is 17.7 Å². The lowest BCUT2D eigenvalue weighted by molar-refractivity contribution is 0.178. The predicted octanol–water partition coefficient (Wildman–Crippen LogP) is 2.93. The predicted molar refractivity (Wildman–Crippen MR) is 77.4 cm³/mol. The van der Waals surface area contributed by atoms with Gasteiger partial charge in [-0.05, 0) is 24.5 Å². The van der Waals surface area contributed by atoms with Gasteiger partial charge in [0.1, 0.15) is 12.2 Å². The molecule has 0 spiro atoms. The van der Waals surface area contributed by atoms with Gasteiger partial charge in [-0.2, -0.15) is 5.10 Å². The van der Waals surface area contributed by atoms with Crippen molar-refractivity contribution in [2.24, 2.45) is 0 Å². The first-order chi connectivity index (χ1) is 8.91. The number of thiophene rings is 1. The maximum atomic E-state index is 10.3. The highest BCUT2D eigenvalue weighted by atomic mass is 32.1. The number of aliphatic hydroxyl groups is 1. The fourth-order valence-corrected chi connectivity index (χ4v) is 2.97. The molecule has 104 valence electrons. The topological polar surface area (TPSA) is 50.9 Å². The Labute approximate surface area is 118 Å². The first-order valence-corrected chi connectivity index (χ1v) is 7.38. The molecule has 0 bridgehead atoms. The summed E-state index contributed by atoms with van der Waals surface area (Å²) in [5.41, 5.74) is 0.131. The van der Waals surface area contributed by atoms with E-state index in [1.54, 1.807) is 17.7 Å². The third kappa shape index (κ3) is 3.22. The summed E-state index contributed by atoms with van der Waals surface area (Å²) in [7, 11) is 0. The third-order valence-corrected chi connectivity index (χ3v) is 4.68. The summed E-state index contributed by atoms with van der Waals surface area (Å²) in [5, 5.41) is 14.4. The van der Waals surface area contributed by atoms with Gasteiger partial charge in [0.15, 0.2) is 0 Å². The molecule has 1 unspecified atom stereocenters. The van der Waals surface area contributed by atoms with Crippen molar-refractivity contribution in [2.75, 3.05) is 0 Å². The van der Waals surface area contributed by atoms with E-state index in [0.29, 0.717) is 6.42 Å². The molecular formula is C14H21N3OS. The van der Waals surface area contributed by atoms with Crippen LogP contribution in [0.4, 0.5) is 0 Å². The lowest BCUT2D eigenvalue weighted by Gasteiger charge is -2.15. The maximum absolute atomic E-state index is 10.3. The van der Waals surface area contributed by atoms with E-state index >= 15 is 0 Å². The summed E-state index contributed by atoms with van der Waals surface area (Å²) in [6.45, 7) is 9.35. The molecule has 4 nitrogen and oxygen atoms in total. The van der Waals surface area contributed by atoms with E-state index in [2.05, 4.69) is 36.9 Å². The Morgan fingerprint density at radius 2 is 2.11 bits per heavy atom. The van der Waals surface area contributed by atoms with Gasteiger partial charge in [-0.25, -0.2) is 4.98 Å². The van der Waals surface area contributed by atoms with Crippen molar-refractivity contribution < 1.29 is 5.11 Å². The number of aryl methyl sites for hydroxylation is 1. The first-order valence-electron chi connectivity index (χ1n) is 6.56. The molecule has 2 aromatic heterocycles. The number of hydrogen-bond acceptors (Lipinski definition) is 4. The quantitative estimate of drug-likeness (QED) is 0.936. The minimum atomic E-state index is -0.504. The summed E-state index contributed by atoms with van der Waals surface area (Å²) in [6.07, 6.45) is 1.55. The Morgan fingerprint density at radius 3 is 2.68 bits per heavy atom. The van der Waals surface area contributed by atoms with Gasteiger partial charge < -0.3 is 5.11 Å². The smallest absolute Gasteiger partial charge is 0.138 e. The van der Waals surface area contributed by atoms with E-state index < -0.39 is 6.10 Å². The monoisotopic (exact) mass is 279 g/mol. The molecule has 0 amide bonds. The molecular weight excluding hydrogens is 258 g/mol. The average molecular weight is 279 g/mol. The Balaban J connectivity index is 2.12. The van der Waals surface area contributed by atoms with Crippen LogP contribution in [0.25, 0.3) is 0 Å². The second-order valence-corrected chi connectivity index (χ2v) is 6.78. The van der Waals surface area contributed by atoms with E-state index in [1.165, 1.54) is 4.88 Å². The first kappa shape index (κ1) is 14.2. The van der Waals surface area contributed by atoms with E-state index in [4.69, 9.17) is 0 Å². The van der Waals surface area contributed by atoms with Crippen LogP contribution in [0.15, 0.2) is 18.5 Å². The van der Waals surface area contributed by atoms with Crippen LogP contribution >= 0.6 is 11.3 Å². The number of aromatic nitrogens is 3. The Kier molecular flexibility index (Phi) is 4.06. The number of hydrogen-bond donors (Lipinski definition) is 1. The Hall–Kier alpha value is -1.20. The molecule has 5 heteroatoms. The van der Waals surface area contributed by atoms with Crippen molar-refractivity contribution in [3.05, 3.63) is 34.0 Å². The zero-order valence-corrected chi connectivity index (χ0v) is 12.7. The van der Waals surface area contributed by atoms with Gasteiger partial charge in [-0.3, -0.25) is 4.68 Å². The molecule has 0 aliphatic heterocycles. The van der Waals surface area contributed by atoms with Crippen molar-refractivity contribution >= 4 is 11.3 Å². The van der Waals surface area contributed by atoms with Crippen LogP contribution in [0, 0.1) is 0 Å². The van der Waals surface area contributed by atoms with Crippen LogP contribution in [0.1, 0.15) is 49.4 Å². The van der Waals surface area contributed by atoms with E-state index in [0.717, 1.165) is 17.2 Å². The molecule has 2 rings (SSSR count). The highest BCUT2D eigenvalue weighted by Gasteiger charge is 2.20. The minimum absolute atomic E-state index is 0.131. The molecule has 2 heterocycles. The number of aliphatic hydroxyl groups excluding tert-OH is 1. The molecule has 19 heavy (non-hydrogen) atoms.